The molecule has 0 saturated carbocycles. The summed E-state index contributed by atoms with van der Waals surface area (Å²) in [6.45, 7) is 6.37. The van der Waals surface area contributed by atoms with Gasteiger partial charge in [0.1, 0.15) is 28.8 Å². The van der Waals surface area contributed by atoms with E-state index in [0.717, 1.165) is 29.5 Å². The van der Waals surface area contributed by atoms with Crippen molar-refractivity contribution >= 4 is 27.2 Å². The molecule has 0 bridgehead atoms. The molecule has 1 aromatic carbocycles. The second-order valence-electron chi connectivity index (χ2n) is 8.52. The molecule has 0 fully saturated rings. The minimum absolute atomic E-state index is 0.0216. The van der Waals surface area contributed by atoms with E-state index >= 15 is 0 Å². The highest BCUT2D eigenvalue weighted by molar-refractivity contribution is 7.92. The molecule has 0 unspecified atom stereocenters. The van der Waals surface area contributed by atoms with Crippen molar-refractivity contribution in [3.63, 3.8) is 0 Å². The van der Waals surface area contributed by atoms with Crippen molar-refractivity contribution in [1.29, 1.82) is 0 Å². The number of nitrogens with zero attached hydrogens (tertiary/aromatic N) is 2. The lowest BCUT2D eigenvalue weighted by Gasteiger charge is -2.18. The first-order valence-electron chi connectivity index (χ1n) is 11.2. The van der Waals surface area contributed by atoms with Crippen LogP contribution in [0.2, 0.25) is 0 Å². The van der Waals surface area contributed by atoms with Gasteiger partial charge in [-0.3, -0.25) is 4.79 Å². The average molecular weight is 494 g/mol. The fraction of sp³-hybridized carbons (Fsp3) is 0.269. The number of carbonyl (C=O) groups is 1. The molecule has 1 aliphatic rings. The minimum Gasteiger partial charge on any atom is -0.492 e. The van der Waals surface area contributed by atoms with Gasteiger partial charge in [0, 0.05) is 0 Å². The Morgan fingerprint density at radius 2 is 1.83 bits per heavy atom. The highest BCUT2D eigenvalue weighted by Gasteiger charge is 2.26. The minimum atomic E-state index is -4.03. The summed E-state index contributed by atoms with van der Waals surface area (Å²) in [6.07, 6.45) is 3.71. The number of Topliss-reactive ketones (excluding diaryl/α,β-unsaturated/α-hetero) is 1. The SMILES string of the molecule is Cc1cc(C)c(Oc2nc(C3=CCCCO3)ccc2C(=O)CS(=O)(=O)c2cccc(N)n2)c(C)c1. The van der Waals surface area contributed by atoms with E-state index in [2.05, 4.69) is 9.97 Å². The molecule has 8 nitrogen and oxygen atoms in total. The van der Waals surface area contributed by atoms with Crippen LogP contribution in [0.4, 0.5) is 5.82 Å². The molecule has 0 aliphatic carbocycles. The number of ketones is 1. The Kier molecular flexibility index (Phi) is 6.88. The fourth-order valence-corrected chi connectivity index (χ4v) is 5.14. The van der Waals surface area contributed by atoms with E-state index < -0.39 is 21.4 Å². The van der Waals surface area contributed by atoms with Crippen LogP contribution < -0.4 is 10.5 Å². The molecule has 2 aromatic heterocycles. The van der Waals surface area contributed by atoms with Gasteiger partial charge in [-0.1, -0.05) is 23.8 Å². The molecular formula is C26H27N3O5S. The number of hydrogen-bond donors (Lipinski definition) is 1. The summed E-state index contributed by atoms with van der Waals surface area (Å²) in [7, 11) is -4.03. The van der Waals surface area contributed by atoms with E-state index in [9.17, 15) is 13.2 Å². The monoisotopic (exact) mass is 493 g/mol. The van der Waals surface area contributed by atoms with Gasteiger partial charge in [0.05, 0.1) is 12.2 Å². The number of carbonyl (C=O) groups excluding carboxylic acids is 1. The first-order valence-corrected chi connectivity index (χ1v) is 12.9. The zero-order chi connectivity index (χ0) is 25.2. The molecule has 0 radical (unpaired) electrons. The number of hydrogen-bond acceptors (Lipinski definition) is 8. The summed E-state index contributed by atoms with van der Waals surface area (Å²) in [5, 5.41) is -0.260. The fourth-order valence-electron chi connectivity index (χ4n) is 3.96. The van der Waals surface area contributed by atoms with Crippen LogP contribution in [0, 0.1) is 20.8 Å². The van der Waals surface area contributed by atoms with Crippen molar-refractivity contribution in [2.24, 2.45) is 0 Å². The molecule has 1 aliphatic heterocycles. The van der Waals surface area contributed by atoms with E-state index in [4.69, 9.17) is 15.2 Å². The summed E-state index contributed by atoms with van der Waals surface area (Å²) < 4.78 is 37.6. The van der Waals surface area contributed by atoms with Crippen molar-refractivity contribution in [1.82, 2.24) is 9.97 Å². The summed E-state index contributed by atoms with van der Waals surface area (Å²) >= 11 is 0. The molecule has 0 atom stereocenters. The van der Waals surface area contributed by atoms with Gasteiger partial charge >= 0.3 is 0 Å². The third-order valence-corrected chi connectivity index (χ3v) is 7.04. The molecule has 0 spiro atoms. The third kappa shape index (κ3) is 5.51. The van der Waals surface area contributed by atoms with Crippen LogP contribution in [0.15, 0.2) is 53.6 Å². The number of anilines is 1. The molecule has 3 heterocycles. The van der Waals surface area contributed by atoms with E-state index in [1.807, 2.05) is 39.0 Å². The Bertz CT molecular complexity index is 1410. The van der Waals surface area contributed by atoms with Gasteiger partial charge in [-0.15, -0.1) is 0 Å². The van der Waals surface area contributed by atoms with Gasteiger partial charge in [-0.05, 0) is 75.1 Å². The molecule has 0 saturated heterocycles. The Morgan fingerprint density at radius 3 is 2.49 bits per heavy atom. The average Bonchev–Trinajstić information content (AvgIpc) is 2.81. The predicted molar refractivity (Wildman–Crippen MR) is 133 cm³/mol. The van der Waals surface area contributed by atoms with E-state index in [-0.39, 0.29) is 22.3 Å². The van der Waals surface area contributed by atoms with Crippen molar-refractivity contribution in [3.8, 4) is 11.6 Å². The molecule has 9 heteroatoms. The van der Waals surface area contributed by atoms with Crippen LogP contribution in [0.1, 0.15) is 45.6 Å². The quantitative estimate of drug-likeness (QED) is 0.475. The van der Waals surface area contributed by atoms with Crippen LogP contribution in [0.3, 0.4) is 0 Å². The Morgan fingerprint density at radius 1 is 1.09 bits per heavy atom. The summed E-state index contributed by atoms with van der Waals surface area (Å²) in [6, 6.07) is 11.4. The summed E-state index contributed by atoms with van der Waals surface area (Å²) in [4.78, 5) is 21.7. The van der Waals surface area contributed by atoms with Gasteiger partial charge in [0.25, 0.3) is 0 Å². The number of rotatable bonds is 7. The molecule has 4 rings (SSSR count). The number of sulfone groups is 1. The zero-order valence-electron chi connectivity index (χ0n) is 19.9. The van der Waals surface area contributed by atoms with Crippen LogP contribution in [-0.2, 0) is 14.6 Å². The number of ether oxygens (including phenoxy) is 2. The maximum Gasteiger partial charge on any atom is 0.230 e. The lowest BCUT2D eigenvalue weighted by molar-refractivity contribution is 0.101. The first kappa shape index (κ1) is 24.4. The standard InChI is InChI=1S/C26H27N3O5S/c1-16-13-17(2)25(18(3)14-16)34-26-19(10-11-20(28-26)22-7-4-5-12-33-22)21(30)15-35(31,32)24-9-6-8-23(27)29-24/h6-11,13-14H,4-5,12,15H2,1-3H3,(H2,27,29). The van der Waals surface area contributed by atoms with Crippen LogP contribution in [0.5, 0.6) is 11.6 Å². The highest BCUT2D eigenvalue weighted by Crippen LogP contribution is 2.33. The second kappa shape index (κ2) is 9.87. The summed E-state index contributed by atoms with van der Waals surface area (Å²) in [5.74, 6) is -0.217. The van der Waals surface area contributed by atoms with E-state index in [0.29, 0.717) is 23.8 Å². The number of aromatic nitrogens is 2. The maximum atomic E-state index is 13.2. The Hall–Kier alpha value is -3.72. The molecule has 2 N–H and O–H groups in total. The Balaban J connectivity index is 1.74. The van der Waals surface area contributed by atoms with Gasteiger partial charge in [0.15, 0.2) is 10.8 Å². The zero-order valence-corrected chi connectivity index (χ0v) is 20.7. The maximum absolute atomic E-state index is 13.2. The van der Waals surface area contributed by atoms with Crippen molar-refractivity contribution in [3.05, 3.63) is 76.5 Å². The number of nitrogen functional groups attached to an aromatic ring is 1. The Labute approximate surface area is 204 Å². The molecule has 35 heavy (non-hydrogen) atoms. The van der Waals surface area contributed by atoms with Gasteiger partial charge < -0.3 is 15.2 Å². The number of aryl methyl sites for hydroxylation is 3. The lowest BCUT2D eigenvalue weighted by atomic mass is 10.1. The molecule has 182 valence electrons. The number of benzene rings is 1. The largest absolute Gasteiger partial charge is 0.492 e. The molecular weight excluding hydrogens is 466 g/mol. The van der Waals surface area contributed by atoms with Crippen LogP contribution in [0.25, 0.3) is 5.76 Å². The van der Waals surface area contributed by atoms with Crippen molar-refractivity contribution in [2.45, 2.75) is 38.6 Å². The first-order chi connectivity index (χ1) is 16.6. The second-order valence-corrected chi connectivity index (χ2v) is 10.5. The highest BCUT2D eigenvalue weighted by atomic mass is 32.2. The third-order valence-electron chi connectivity index (χ3n) is 5.54. The number of allylic oxidation sites excluding steroid dienone is 1. The van der Waals surface area contributed by atoms with E-state index in [1.165, 1.54) is 24.3 Å². The van der Waals surface area contributed by atoms with Gasteiger partial charge in [-0.2, -0.15) is 0 Å². The number of nitrogens with two attached hydrogens (primary N) is 1. The van der Waals surface area contributed by atoms with Crippen molar-refractivity contribution in [2.75, 3.05) is 18.1 Å². The normalized spacial score (nSPS) is 13.6. The van der Waals surface area contributed by atoms with Gasteiger partial charge in [0.2, 0.25) is 15.7 Å². The smallest absolute Gasteiger partial charge is 0.230 e. The lowest BCUT2D eigenvalue weighted by Crippen LogP contribution is -2.19. The molecule has 0 amide bonds. The van der Waals surface area contributed by atoms with Crippen LogP contribution >= 0.6 is 0 Å². The van der Waals surface area contributed by atoms with Crippen LogP contribution in [-0.4, -0.2) is 36.5 Å². The van der Waals surface area contributed by atoms with Gasteiger partial charge in [-0.25, -0.2) is 18.4 Å². The van der Waals surface area contributed by atoms with Crippen molar-refractivity contribution < 1.29 is 22.7 Å². The number of pyridine rings is 2. The summed E-state index contributed by atoms with van der Waals surface area (Å²) in [5.41, 5.74) is 9.01. The predicted octanol–water partition coefficient (Wildman–Crippen LogP) is 4.58. The van der Waals surface area contributed by atoms with E-state index in [1.54, 1.807) is 6.07 Å². The topological polar surface area (TPSA) is 121 Å². The molecule has 3 aromatic rings.